The van der Waals surface area contributed by atoms with E-state index in [9.17, 15) is 4.39 Å². The first-order chi connectivity index (χ1) is 13.3. The first kappa shape index (κ1) is 21.2. The molecule has 0 spiro atoms. The summed E-state index contributed by atoms with van der Waals surface area (Å²) in [6.45, 7) is 12.6. The number of rotatable bonds is 5. The van der Waals surface area contributed by atoms with Crippen LogP contribution >= 0.6 is 0 Å². The van der Waals surface area contributed by atoms with Crippen LogP contribution in [0.4, 0.5) is 4.39 Å². The lowest BCUT2D eigenvalue weighted by atomic mass is 9.44. The van der Waals surface area contributed by atoms with Gasteiger partial charge in [0.15, 0.2) is 0 Å². The van der Waals surface area contributed by atoms with Crippen LogP contribution in [0.5, 0.6) is 0 Å². The monoisotopic (exact) mass is 390 g/mol. The lowest BCUT2D eigenvalue weighted by molar-refractivity contribution is -0.122. The van der Waals surface area contributed by atoms with Gasteiger partial charge in [0.1, 0.15) is 6.17 Å². The third-order valence-corrected chi connectivity index (χ3v) is 10.8. The maximum absolute atomic E-state index is 14.1. The Balaban J connectivity index is 1.46. The molecule has 0 nitrogen and oxygen atoms in total. The average Bonchev–Trinajstić information content (AvgIpc) is 2.99. The molecule has 4 fully saturated rings. The molecule has 4 rings (SSSR count). The standard InChI is InChI=1S/C27H47F/c1-18(2)7-6-8-19(3)23-11-12-24-22-10-9-20-17-21(28)13-15-26(20,4)25(22)14-16-27(23,24)5/h18-25H,6-17H2,1-5H3/t19-,20+,21?,22+,23-,24+,25+,26+,27-/m1/s1. The average molecular weight is 391 g/mol. The molecule has 4 aliphatic carbocycles. The minimum absolute atomic E-state index is 0.452. The van der Waals surface area contributed by atoms with E-state index in [-0.39, 0.29) is 0 Å². The van der Waals surface area contributed by atoms with Crippen molar-refractivity contribution in [3.63, 3.8) is 0 Å². The Labute approximate surface area is 174 Å². The topological polar surface area (TPSA) is 0 Å². The minimum Gasteiger partial charge on any atom is -0.247 e. The fourth-order valence-electron chi connectivity index (χ4n) is 9.23. The lowest BCUT2D eigenvalue weighted by Gasteiger charge is -2.61. The van der Waals surface area contributed by atoms with Gasteiger partial charge in [0, 0.05) is 0 Å². The Morgan fingerprint density at radius 1 is 0.821 bits per heavy atom. The van der Waals surface area contributed by atoms with Crippen molar-refractivity contribution in [2.45, 2.75) is 118 Å². The van der Waals surface area contributed by atoms with Crippen LogP contribution in [0.3, 0.4) is 0 Å². The first-order valence-electron chi connectivity index (χ1n) is 12.9. The molecular weight excluding hydrogens is 343 g/mol. The minimum atomic E-state index is -0.508. The van der Waals surface area contributed by atoms with Crippen molar-refractivity contribution in [2.75, 3.05) is 0 Å². The van der Waals surface area contributed by atoms with Crippen molar-refractivity contribution in [3.8, 4) is 0 Å². The highest BCUT2D eigenvalue weighted by molar-refractivity contribution is 5.09. The zero-order chi connectivity index (χ0) is 20.1. The molecule has 4 saturated carbocycles. The van der Waals surface area contributed by atoms with Crippen molar-refractivity contribution in [3.05, 3.63) is 0 Å². The maximum atomic E-state index is 14.1. The van der Waals surface area contributed by atoms with E-state index in [1.807, 2.05) is 0 Å². The predicted molar refractivity (Wildman–Crippen MR) is 118 cm³/mol. The number of halogens is 1. The second-order valence-corrected chi connectivity index (χ2v) is 12.6. The quantitative estimate of drug-likeness (QED) is 0.441. The zero-order valence-corrected chi connectivity index (χ0v) is 19.5. The summed E-state index contributed by atoms with van der Waals surface area (Å²) in [7, 11) is 0. The molecule has 0 aliphatic heterocycles. The van der Waals surface area contributed by atoms with E-state index < -0.39 is 6.17 Å². The summed E-state index contributed by atoms with van der Waals surface area (Å²) in [5, 5.41) is 0. The van der Waals surface area contributed by atoms with Gasteiger partial charge < -0.3 is 0 Å². The Hall–Kier alpha value is -0.0700. The van der Waals surface area contributed by atoms with Gasteiger partial charge in [0.2, 0.25) is 0 Å². The molecule has 0 radical (unpaired) electrons. The van der Waals surface area contributed by atoms with Gasteiger partial charge >= 0.3 is 0 Å². The fourth-order valence-corrected chi connectivity index (χ4v) is 9.23. The van der Waals surface area contributed by atoms with E-state index in [0.717, 1.165) is 48.3 Å². The van der Waals surface area contributed by atoms with E-state index in [0.29, 0.717) is 16.7 Å². The van der Waals surface area contributed by atoms with Crippen molar-refractivity contribution in [1.29, 1.82) is 0 Å². The summed E-state index contributed by atoms with van der Waals surface area (Å²) >= 11 is 0. The molecule has 0 aromatic heterocycles. The Morgan fingerprint density at radius 2 is 1.54 bits per heavy atom. The predicted octanol–water partition coefficient (Wildman–Crippen LogP) is 8.45. The summed E-state index contributed by atoms with van der Waals surface area (Å²) in [4.78, 5) is 0. The zero-order valence-electron chi connectivity index (χ0n) is 19.5. The van der Waals surface area contributed by atoms with Crippen LogP contribution in [-0.2, 0) is 0 Å². The highest BCUT2D eigenvalue weighted by Gasteiger charge is 2.60. The molecule has 0 amide bonds. The third kappa shape index (κ3) is 3.49. The van der Waals surface area contributed by atoms with Crippen molar-refractivity contribution in [1.82, 2.24) is 0 Å². The second-order valence-electron chi connectivity index (χ2n) is 12.6. The molecule has 162 valence electrons. The van der Waals surface area contributed by atoms with Crippen molar-refractivity contribution < 1.29 is 4.39 Å². The summed E-state index contributed by atoms with van der Waals surface area (Å²) in [6.07, 6.45) is 15.2. The van der Waals surface area contributed by atoms with Crippen molar-refractivity contribution in [2.24, 2.45) is 52.3 Å². The van der Waals surface area contributed by atoms with E-state index in [2.05, 4.69) is 34.6 Å². The third-order valence-electron chi connectivity index (χ3n) is 10.8. The molecule has 0 N–H and O–H groups in total. The van der Waals surface area contributed by atoms with Gasteiger partial charge in [-0.05, 0) is 110 Å². The highest BCUT2D eigenvalue weighted by atomic mass is 19.1. The summed E-state index contributed by atoms with van der Waals surface area (Å²) < 4.78 is 14.1. The van der Waals surface area contributed by atoms with E-state index >= 15 is 0 Å². The Bertz CT molecular complexity index is 540. The number of fused-ring (bicyclic) bond motifs is 5. The first-order valence-corrected chi connectivity index (χ1v) is 12.9. The fraction of sp³-hybridized carbons (Fsp3) is 1.00. The van der Waals surface area contributed by atoms with Gasteiger partial charge in [-0.3, -0.25) is 0 Å². The molecule has 0 aromatic carbocycles. The van der Waals surface area contributed by atoms with Crippen LogP contribution in [0, 0.1) is 52.3 Å². The molecule has 0 bridgehead atoms. The smallest absolute Gasteiger partial charge is 0.100 e. The van der Waals surface area contributed by atoms with Gasteiger partial charge in [-0.1, -0.05) is 53.9 Å². The van der Waals surface area contributed by atoms with Gasteiger partial charge in [0.05, 0.1) is 0 Å². The van der Waals surface area contributed by atoms with Crippen molar-refractivity contribution >= 4 is 0 Å². The van der Waals surface area contributed by atoms with Gasteiger partial charge in [-0.15, -0.1) is 0 Å². The SMILES string of the molecule is CC(C)CCC[C@@H](C)[C@H]1CC[C@H]2[C@@H]3CC[C@H]4CC(F)CC[C@]4(C)[C@H]3CC[C@]12C. The lowest BCUT2D eigenvalue weighted by Crippen LogP contribution is -2.53. The maximum Gasteiger partial charge on any atom is 0.100 e. The van der Waals surface area contributed by atoms with Gasteiger partial charge in [-0.25, -0.2) is 4.39 Å². The molecular formula is C27H47F. The molecule has 0 heterocycles. The van der Waals surface area contributed by atoms with Crippen LogP contribution in [0.15, 0.2) is 0 Å². The number of alkyl halides is 1. The van der Waals surface area contributed by atoms with Crippen LogP contribution in [0.25, 0.3) is 0 Å². The highest BCUT2D eigenvalue weighted by Crippen LogP contribution is 2.68. The van der Waals surface area contributed by atoms with E-state index in [1.165, 1.54) is 64.2 Å². The molecule has 4 aliphatic rings. The van der Waals surface area contributed by atoms with Crippen LogP contribution in [0.2, 0.25) is 0 Å². The second kappa shape index (κ2) is 7.88. The van der Waals surface area contributed by atoms with Gasteiger partial charge in [0.25, 0.3) is 0 Å². The normalized spacial score (nSPS) is 49.4. The molecule has 1 heteroatoms. The van der Waals surface area contributed by atoms with E-state index in [4.69, 9.17) is 0 Å². The largest absolute Gasteiger partial charge is 0.247 e. The Morgan fingerprint density at radius 3 is 2.29 bits per heavy atom. The van der Waals surface area contributed by atoms with Crippen LogP contribution in [0.1, 0.15) is 112 Å². The molecule has 28 heavy (non-hydrogen) atoms. The molecule has 0 saturated heterocycles. The number of hydrogen-bond acceptors (Lipinski definition) is 0. The number of hydrogen-bond donors (Lipinski definition) is 0. The van der Waals surface area contributed by atoms with Crippen LogP contribution < -0.4 is 0 Å². The van der Waals surface area contributed by atoms with Crippen LogP contribution in [-0.4, -0.2) is 6.17 Å². The molecule has 9 atom stereocenters. The summed E-state index contributed by atoms with van der Waals surface area (Å²) in [5.74, 6) is 6.19. The molecule has 1 unspecified atom stereocenters. The summed E-state index contributed by atoms with van der Waals surface area (Å²) in [6, 6.07) is 0. The summed E-state index contributed by atoms with van der Waals surface area (Å²) in [5.41, 5.74) is 1.05. The Kier molecular flexibility index (Phi) is 5.96. The van der Waals surface area contributed by atoms with E-state index in [1.54, 1.807) is 0 Å². The van der Waals surface area contributed by atoms with Gasteiger partial charge in [-0.2, -0.15) is 0 Å². The molecule has 0 aromatic rings.